The van der Waals surface area contributed by atoms with Crippen molar-refractivity contribution in [3.63, 3.8) is 0 Å². The Balaban J connectivity index is 2.20. The lowest BCUT2D eigenvalue weighted by molar-refractivity contribution is -0.385. The molecule has 2 atom stereocenters. The van der Waals surface area contributed by atoms with E-state index in [4.69, 9.17) is 0 Å². The van der Waals surface area contributed by atoms with Gasteiger partial charge in [-0.05, 0) is 25.5 Å². The molecular formula is C13H18N2O4. The lowest BCUT2D eigenvalue weighted by Crippen LogP contribution is -2.24. The molecule has 0 amide bonds. The van der Waals surface area contributed by atoms with Crippen molar-refractivity contribution in [3.8, 4) is 0 Å². The standard InChI is InChI=1S/C13H18N2O4/c1-9(17)10-4-5-14(7-10)12-2-3-13(15(18)19)11(6-12)8-16/h2-3,6,9-10,16-17H,4-5,7-8H2,1H3. The number of nitro groups is 1. The highest BCUT2D eigenvalue weighted by atomic mass is 16.6. The summed E-state index contributed by atoms with van der Waals surface area (Å²) in [7, 11) is 0. The van der Waals surface area contributed by atoms with Gasteiger partial charge in [0.05, 0.1) is 23.2 Å². The topological polar surface area (TPSA) is 86.8 Å². The van der Waals surface area contributed by atoms with Gasteiger partial charge in [0.15, 0.2) is 0 Å². The first-order valence-electron chi connectivity index (χ1n) is 6.34. The van der Waals surface area contributed by atoms with Crippen LogP contribution in [0.1, 0.15) is 18.9 Å². The molecule has 1 fully saturated rings. The second-order valence-corrected chi connectivity index (χ2v) is 4.96. The van der Waals surface area contributed by atoms with Crippen molar-refractivity contribution in [1.82, 2.24) is 0 Å². The number of hydrogen-bond donors (Lipinski definition) is 2. The molecule has 6 nitrogen and oxygen atoms in total. The second-order valence-electron chi connectivity index (χ2n) is 4.96. The van der Waals surface area contributed by atoms with Gasteiger partial charge < -0.3 is 15.1 Å². The number of anilines is 1. The van der Waals surface area contributed by atoms with E-state index in [9.17, 15) is 20.3 Å². The second kappa shape index (κ2) is 5.54. The van der Waals surface area contributed by atoms with Crippen LogP contribution >= 0.6 is 0 Å². The first kappa shape index (κ1) is 13.8. The maximum atomic E-state index is 10.8. The molecule has 1 heterocycles. The van der Waals surface area contributed by atoms with E-state index in [0.717, 1.165) is 25.2 Å². The van der Waals surface area contributed by atoms with Gasteiger partial charge in [0, 0.05) is 30.8 Å². The van der Waals surface area contributed by atoms with Crippen molar-refractivity contribution in [1.29, 1.82) is 0 Å². The molecule has 1 saturated heterocycles. The highest BCUT2D eigenvalue weighted by molar-refractivity contribution is 5.56. The van der Waals surface area contributed by atoms with Crippen molar-refractivity contribution in [2.45, 2.75) is 26.1 Å². The third-order valence-corrected chi connectivity index (χ3v) is 3.70. The first-order valence-corrected chi connectivity index (χ1v) is 6.34. The number of aliphatic hydroxyl groups excluding tert-OH is 2. The Morgan fingerprint density at radius 2 is 2.32 bits per heavy atom. The molecule has 19 heavy (non-hydrogen) atoms. The molecule has 1 aromatic rings. The lowest BCUT2D eigenvalue weighted by Gasteiger charge is -2.20. The molecule has 1 aliphatic rings. The predicted octanol–water partition coefficient (Wildman–Crippen LogP) is 1.29. The quantitative estimate of drug-likeness (QED) is 0.633. The van der Waals surface area contributed by atoms with E-state index in [2.05, 4.69) is 4.90 Å². The predicted molar refractivity (Wildman–Crippen MR) is 71.0 cm³/mol. The van der Waals surface area contributed by atoms with Crippen LogP contribution in [0.4, 0.5) is 11.4 Å². The van der Waals surface area contributed by atoms with Crippen molar-refractivity contribution in [2.75, 3.05) is 18.0 Å². The van der Waals surface area contributed by atoms with Gasteiger partial charge in [-0.3, -0.25) is 10.1 Å². The maximum absolute atomic E-state index is 10.8. The molecule has 2 rings (SSSR count). The number of nitro benzene ring substituents is 1. The minimum absolute atomic E-state index is 0.0578. The summed E-state index contributed by atoms with van der Waals surface area (Å²) in [5, 5.41) is 29.6. The molecule has 0 radical (unpaired) electrons. The molecule has 1 aliphatic heterocycles. The lowest BCUT2D eigenvalue weighted by atomic mass is 10.0. The minimum Gasteiger partial charge on any atom is -0.393 e. The molecule has 0 bridgehead atoms. The highest BCUT2D eigenvalue weighted by Gasteiger charge is 2.27. The van der Waals surface area contributed by atoms with E-state index in [0.29, 0.717) is 5.56 Å². The van der Waals surface area contributed by atoms with E-state index < -0.39 is 4.92 Å². The summed E-state index contributed by atoms with van der Waals surface area (Å²) in [6.07, 6.45) is 0.559. The molecule has 0 spiro atoms. The Bertz CT molecular complexity index is 476. The molecule has 2 unspecified atom stereocenters. The fourth-order valence-corrected chi connectivity index (χ4v) is 2.49. The van der Waals surface area contributed by atoms with E-state index in [1.54, 1.807) is 19.1 Å². The Kier molecular flexibility index (Phi) is 4.01. The van der Waals surface area contributed by atoms with Gasteiger partial charge in [-0.1, -0.05) is 0 Å². The van der Waals surface area contributed by atoms with Crippen LogP contribution in [0.2, 0.25) is 0 Å². The van der Waals surface area contributed by atoms with Gasteiger partial charge in [-0.2, -0.15) is 0 Å². The fourth-order valence-electron chi connectivity index (χ4n) is 2.49. The van der Waals surface area contributed by atoms with Crippen LogP contribution in [0.25, 0.3) is 0 Å². The maximum Gasteiger partial charge on any atom is 0.275 e. The zero-order valence-corrected chi connectivity index (χ0v) is 10.8. The van der Waals surface area contributed by atoms with Crippen LogP contribution in [0.3, 0.4) is 0 Å². The van der Waals surface area contributed by atoms with Crippen molar-refractivity contribution in [2.24, 2.45) is 5.92 Å². The Hall–Kier alpha value is -1.66. The number of rotatable bonds is 4. The molecule has 2 N–H and O–H groups in total. The number of aliphatic hydroxyl groups is 2. The summed E-state index contributed by atoms with van der Waals surface area (Å²) >= 11 is 0. The van der Waals surface area contributed by atoms with Gasteiger partial charge in [0.25, 0.3) is 5.69 Å². The van der Waals surface area contributed by atoms with E-state index in [1.807, 2.05) is 0 Å². The van der Waals surface area contributed by atoms with Crippen LogP contribution in [0.5, 0.6) is 0 Å². The van der Waals surface area contributed by atoms with Gasteiger partial charge in [-0.15, -0.1) is 0 Å². The zero-order valence-electron chi connectivity index (χ0n) is 10.8. The van der Waals surface area contributed by atoms with Crippen LogP contribution in [-0.4, -0.2) is 34.3 Å². The monoisotopic (exact) mass is 266 g/mol. The molecule has 0 aromatic heterocycles. The fraction of sp³-hybridized carbons (Fsp3) is 0.538. The zero-order chi connectivity index (χ0) is 14.0. The molecule has 0 aliphatic carbocycles. The van der Waals surface area contributed by atoms with E-state index in [1.165, 1.54) is 6.07 Å². The summed E-state index contributed by atoms with van der Waals surface area (Å²) < 4.78 is 0. The third kappa shape index (κ3) is 2.85. The number of nitrogens with zero attached hydrogens (tertiary/aromatic N) is 2. The third-order valence-electron chi connectivity index (χ3n) is 3.70. The van der Waals surface area contributed by atoms with Gasteiger partial charge in [0.2, 0.25) is 0 Å². The van der Waals surface area contributed by atoms with Crippen LogP contribution in [0.15, 0.2) is 18.2 Å². The molecule has 1 aromatic carbocycles. The highest BCUT2D eigenvalue weighted by Crippen LogP contribution is 2.29. The summed E-state index contributed by atoms with van der Waals surface area (Å²) in [4.78, 5) is 12.4. The van der Waals surface area contributed by atoms with Crippen LogP contribution in [0, 0.1) is 16.0 Å². The van der Waals surface area contributed by atoms with Gasteiger partial charge >= 0.3 is 0 Å². The van der Waals surface area contributed by atoms with Crippen molar-refractivity contribution in [3.05, 3.63) is 33.9 Å². The Morgan fingerprint density at radius 1 is 1.58 bits per heavy atom. The average molecular weight is 266 g/mol. The average Bonchev–Trinajstić information content (AvgIpc) is 2.87. The van der Waals surface area contributed by atoms with Crippen molar-refractivity contribution < 1.29 is 15.1 Å². The van der Waals surface area contributed by atoms with Crippen molar-refractivity contribution >= 4 is 11.4 Å². The largest absolute Gasteiger partial charge is 0.393 e. The Morgan fingerprint density at radius 3 is 2.84 bits per heavy atom. The molecular weight excluding hydrogens is 248 g/mol. The number of hydrogen-bond acceptors (Lipinski definition) is 5. The van der Waals surface area contributed by atoms with Gasteiger partial charge in [0.1, 0.15) is 0 Å². The van der Waals surface area contributed by atoms with Crippen LogP contribution < -0.4 is 4.90 Å². The Labute approximate surface area is 111 Å². The van der Waals surface area contributed by atoms with E-state index in [-0.39, 0.29) is 24.3 Å². The van der Waals surface area contributed by atoms with E-state index >= 15 is 0 Å². The smallest absolute Gasteiger partial charge is 0.275 e. The first-order chi connectivity index (χ1) is 9.02. The molecule has 6 heteroatoms. The summed E-state index contributed by atoms with van der Waals surface area (Å²) in [5.41, 5.74) is 1.12. The van der Waals surface area contributed by atoms with Gasteiger partial charge in [-0.25, -0.2) is 0 Å². The summed E-state index contributed by atoms with van der Waals surface area (Å²) in [5.74, 6) is 0.229. The summed E-state index contributed by atoms with van der Waals surface area (Å²) in [6.45, 7) is 2.99. The molecule has 104 valence electrons. The van der Waals surface area contributed by atoms with Crippen LogP contribution in [-0.2, 0) is 6.61 Å². The SMILES string of the molecule is CC(O)C1CCN(c2ccc([N+](=O)[O-])c(CO)c2)C1. The summed E-state index contributed by atoms with van der Waals surface area (Å²) in [6, 6.07) is 4.78. The molecule has 0 saturated carbocycles. The minimum atomic E-state index is -0.488. The normalized spacial score (nSPS) is 20.6. The number of benzene rings is 1.